The van der Waals surface area contributed by atoms with Crippen molar-refractivity contribution in [1.82, 2.24) is 20.4 Å². The molecular formula is C10H19N5OS. The largest absolute Gasteiger partial charge is 0.374 e. The van der Waals surface area contributed by atoms with E-state index < -0.39 is 5.54 Å². The highest BCUT2D eigenvalue weighted by molar-refractivity contribution is 7.15. The van der Waals surface area contributed by atoms with Crippen LogP contribution < -0.4 is 11.1 Å². The molecule has 0 saturated heterocycles. The van der Waals surface area contributed by atoms with Gasteiger partial charge < -0.3 is 11.1 Å². The first-order valence-electron chi connectivity index (χ1n) is 5.32. The average Bonchev–Trinajstić information content (AvgIpc) is 2.63. The number of hydrogen-bond donors (Lipinski definition) is 2. The number of nitrogens with one attached hydrogen (secondary N) is 1. The van der Waals surface area contributed by atoms with E-state index in [1.165, 1.54) is 11.3 Å². The molecule has 0 aliphatic heterocycles. The normalized spacial score (nSPS) is 13.8. The lowest BCUT2D eigenvalue weighted by atomic mass is 10.1. The molecule has 96 valence electrons. The summed E-state index contributed by atoms with van der Waals surface area (Å²) < 4.78 is 0. The van der Waals surface area contributed by atoms with Gasteiger partial charge in [-0.25, -0.2) is 0 Å². The smallest absolute Gasteiger partial charge is 0.237 e. The first-order chi connectivity index (χ1) is 7.74. The number of likely N-dealkylation sites (N-methyl/N-ethyl adjacent to an activating group) is 1. The lowest BCUT2D eigenvalue weighted by Gasteiger charge is -2.27. The minimum absolute atomic E-state index is 0.0474. The van der Waals surface area contributed by atoms with Crippen molar-refractivity contribution in [3.05, 3.63) is 5.01 Å². The van der Waals surface area contributed by atoms with E-state index >= 15 is 0 Å². The SMILES string of the molecule is CC(C(=O)NC(C)(C)c1nnc(N)s1)N(C)C. The third-order valence-corrected chi connectivity index (χ3v) is 3.64. The number of amides is 1. The van der Waals surface area contributed by atoms with Crippen LogP contribution in [0.3, 0.4) is 0 Å². The third kappa shape index (κ3) is 3.37. The molecule has 0 saturated carbocycles. The van der Waals surface area contributed by atoms with Gasteiger partial charge in [0, 0.05) is 0 Å². The molecule has 1 aromatic rings. The van der Waals surface area contributed by atoms with Crippen LogP contribution >= 0.6 is 11.3 Å². The second-order valence-electron chi connectivity index (χ2n) is 4.70. The van der Waals surface area contributed by atoms with Crippen LogP contribution in [0.1, 0.15) is 25.8 Å². The van der Waals surface area contributed by atoms with Crippen LogP contribution in [0, 0.1) is 0 Å². The molecule has 0 aliphatic carbocycles. The Bertz CT molecular complexity index is 401. The zero-order valence-electron chi connectivity index (χ0n) is 10.8. The molecule has 1 amide bonds. The maximum Gasteiger partial charge on any atom is 0.237 e. The molecule has 1 heterocycles. The Morgan fingerprint density at radius 2 is 2.06 bits per heavy atom. The van der Waals surface area contributed by atoms with Crippen LogP contribution in [0.25, 0.3) is 0 Å². The van der Waals surface area contributed by atoms with Crippen molar-refractivity contribution < 1.29 is 4.79 Å². The summed E-state index contributed by atoms with van der Waals surface area (Å²) in [4.78, 5) is 13.8. The first-order valence-corrected chi connectivity index (χ1v) is 6.13. The average molecular weight is 257 g/mol. The highest BCUT2D eigenvalue weighted by Gasteiger charge is 2.29. The number of carbonyl (C=O) groups excluding carboxylic acids is 1. The molecule has 7 heteroatoms. The van der Waals surface area contributed by atoms with E-state index in [4.69, 9.17) is 5.73 Å². The summed E-state index contributed by atoms with van der Waals surface area (Å²) in [5.74, 6) is -0.0474. The van der Waals surface area contributed by atoms with Gasteiger partial charge in [0.05, 0.1) is 11.6 Å². The van der Waals surface area contributed by atoms with Crippen LogP contribution in [0.4, 0.5) is 5.13 Å². The molecule has 0 aliphatic rings. The number of nitrogen functional groups attached to an aromatic ring is 1. The summed E-state index contributed by atoms with van der Waals surface area (Å²) >= 11 is 1.28. The zero-order valence-corrected chi connectivity index (χ0v) is 11.6. The molecule has 17 heavy (non-hydrogen) atoms. The first kappa shape index (κ1) is 13.9. The quantitative estimate of drug-likeness (QED) is 0.816. The summed E-state index contributed by atoms with van der Waals surface area (Å²) in [7, 11) is 3.72. The van der Waals surface area contributed by atoms with E-state index in [1.807, 2.05) is 39.8 Å². The van der Waals surface area contributed by atoms with Crippen molar-refractivity contribution in [2.24, 2.45) is 0 Å². The van der Waals surface area contributed by atoms with Crippen LogP contribution in [0.5, 0.6) is 0 Å². The van der Waals surface area contributed by atoms with E-state index in [0.717, 1.165) is 0 Å². The fraction of sp³-hybridized carbons (Fsp3) is 0.700. The standard InChI is InChI=1S/C10H19N5OS/c1-6(15(4)5)7(16)12-10(2,3)8-13-14-9(11)17-8/h6H,1-5H3,(H2,11,14)(H,12,16). The number of nitrogens with two attached hydrogens (primary N) is 1. The highest BCUT2D eigenvalue weighted by Crippen LogP contribution is 2.24. The van der Waals surface area contributed by atoms with Gasteiger partial charge in [0.1, 0.15) is 5.01 Å². The van der Waals surface area contributed by atoms with Crippen molar-refractivity contribution in [1.29, 1.82) is 0 Å². The van der Waals surface area contributed by atoms with Gasteiger partial charge >= 0.3 is 0 Å². The summed E-state index contributed by atoms with van der Waals surface area (Å²) in [6.07, 6.45) is 0. The van der Waals surface area contributed by atoms with Crippen molar-refractivity contribution in [3.8, 4) is 0 Å². The monoisotopic (exact) mass is 257 g/mol. The van der Waals surface area contributed by atoms with Crippen molar-refractivity contribution in [2.45, 2.75) is 32.4 Å². The Hall–Kier alpha value is -1.21. The van der Waals surface area contributed by atoms with Crippen LogP contribution in [-0.4, -0.2) is 41.1 Å². The van der Waals surface area contributed by atoms with Gasteiger partial charge in [-0.15, -0.1) is 10.2 Å². The van der Waals surface area contributed by atoms with Crippen molar-refractivity contribution in [3.63, 3.8) is 0 Å². The number of carbonyl (C=O) groups is 1. The fourth-order valence-electron chi connectivity index (χ4n) is 1.19. The molecule has 0 aromatic carbocycles. The molecular weight excluding hydrogens is 238 g/mol. The highest BCUT2D eigenvalue weighted by atomic mass is 32.1. The maximum absolute atomic E-state index is 12.0. The summed E-state index contributed by atoms with van der Waals surface area (Å²) in [6.45, 7) is 5.61. The molecule has 0 fully saturated rings. The predicted octanol–water partition coefficient (Wildman–Crippen LogP) is 0.422. The van der Waals surface area contributed by atoms with E-state index in [0.29, 0.717) is 10.1 Å². The number of nitrogens with zero attached hydrogens (tertiary/aromatic N) is 3. The minimum Gasteiger partial charge on any atom is -0.374 e. The molecule has 1 atom stereocenters. The second-order valence-corrected chi connectivity index (χ2v) is 5.71. The van der Waals surface area contributed by atoms with E-state index in [1.54, 1.807) is 0 Å². The van der Waals surface area contributed by atoms with Gasteiger partial charge in [0.25, 0.3) is 0 Å². The summed E-state index contributed by atoms with van der Waals surface area (Å²) in [5, 5.41) is 11.8. The van der Waals surface area contributed by atoms with E-state index in [2.05, 4.69) is 15.5 Å². The molecule has 0 radical (unpaired) electrons. The Morgan fingerprint density at radius 1 is 1.47 bits per heavy atom. The molecule has 0 bridgehead atoms. The Kier molecular flexibility index (Phi) is 4.05. The molecule has 1 aromatic heterocycles. The summed E-state index contributed by atoms with van der Waals surface area (Å²) in [6, 6.07) is -0.195. The summed E-state index contributed by atoms with van der Waals surface area (Å²) in [5.41, 5.74) is 4.98. The maximum atomic E-state index is 12.0. The lowest BCUT2D eigenvalue weighted by molar-refractivity contribution is -0.126. The van der Waals surface area contributed by atoms with Crippen LogP contribution in [0.2, 0.25) is 0 Å². The lowest BCUT2D eigenvalue weighted by Crippen LogP contribution is -2.49. The van der Waals surface area contributed by atoms with Crippen molar-refractivity contribution >= 4 is 22.4 Å². The van der Waals surface area contributed by atoms with E-state index in [-0.39, 0.29) is 11.9 Å². The third-order valence-electron chi connectivity index (χ3n) is 2.57. The molecule has 1 unspecified atom stereocenters. The van der Waals surface area contributed by atoms with E-state index in [9.17, 15) is 4.79 Å². The topological polar surface area (TPSA) is 84.1 Å². The zero-order chi connectivity index (χ0) is 13.2. The Morgan fingerprint density at radius 3 is 2.47 bits per heavy atom. The molecule has 0 spiro atoms. The van der Waals surface area contributed by atoms with Gasteiger partial charge in [-0.05, 0) is 34.9 Å². The number of anilines is 1. The van der Waals surface area contributed by atoms with Crippen LogP contribution in [0.15, 0.2) is 0 Å². The number of aromatic nitrogens is 2. The van der Waals surface area contributed by atoms with Crippen molar-refractivity contribution in [2.75, 3.05) is 19.8 Å². The molecule has 6 nitrogen and oxygen atoms in total. The molecule has 3 N–H and O–H groups in total. The van der Waals surface area contributed by atoms with Gasteiger partial charge in [0.2, 0.25) is 11.0 Å². The predicted molar refractivity (Wildman–Crippen MR) is 68.6 cm³/mol. The minimum atomic E-state index is -0.559. The van der Waals surface area contributed by atoms with Gasteiger partial charge in [-0.3, -0.25) is 9.69 Å². The van der Waals surface area contributed by atoms with Gasteiger partial charge in [-0.2, -0.15) is 0 Å². The fourth-order valence-corrected chi connectivity index (χ4v) is 1.86. The van der Waals surface area contributed by atoms with Crippen LogP contribution in [-0.2, 0) is 10.3 Å². The second kappa shape index (κ2) is 4.97. The molecule has 1 rings (SSSR count). The number of hydrogen-bond acceptors (Lipinski definition) is 6. The Balaban J connectivity index is 2.76. The number of rotatable bonds is 4. The van der Waals surface area contributed by atoms with Gasteiger partial charge in [0.15, 0.2) is 0 Å². The Labute approximate surface area is 105 Å². The van der Waals surface area contributed by atoms with Gasteiger partial charge in [-0.1, -0.05) is 11.3 Å².